The van der Waals surface area contributed by atoms with Gasteiger partial charge in [-0.2, -0.15) is 11.8 Å². The highest BCUT2D eigenvalue weighted by molar-refractivity contribution is 7.99. The van der Waals surface area contributed by atoms with Crippen LogP contribution in [0.1, 0.15) is 6.42 Å². The van der Waals surface area contributed by atoms with Gasteiger partial charge in [0, 0.05) is 0 Å². The van der Waals surface area contributed by atoms with Crippen LogP contribution in [0, 0.1) is 5.92 Å². The summed E-state index contributed by atoms with van der Waals surface area (Å²) in [7, 11) is 1.60. The molecule has 5 heteroatoms. The van der Waals surface area contributed by atoms with Gasteiger partial charge >= 0.3 is 0 Å². The number of methoxy groups -OCH3 is 1. The first-order valence-electron chi connectivity index (χ1n) is 6.51. The molecule has 4 nitrogen and oxygen atoms in total. The van der Waals surface area contributed by atoms with Crippen LogP contribution in [-0.2, 0) is 4.79 Å². The van der Waals surface area contributed by atoms with E-state index in [2.05, 4.69) is 10.6 Å². The summed E-state index contributed by atoms with van der Waals surface area (Å²) in [6, 6.07) is 7.43. The van der Waals surface area contributed by atoms with Crippen molar-refractivity contribution in [2.24, 2.45) is 5.92 Å². The van der Waals surface area contributed by atoms with E-state index in [1.54, 1.807) is 7.11 Å². The van der Waals surface area contributed by atoms with Crippen LogP contribution in [0.3, 0.4) is 0 Å². The van der Waals surface area contributed by atoms with E-state index >= 15 is 0 Å². The summed E-state index contributed by atoms with van der Waals surface area (Å²) in [6.07, 6.45) is 1.26. The van der Waals surface area contributed by atoms with Gasteiger partial charge in [-0.3, -0.25) is 4.79 Å². The average molecular weight is 280 g/mol. The molecular formula is C14H20N2O2S. The van der Waals surface area contributed by atoms with Gasteiger partial charge in [0.15, 0.2) is 0 Å². The first-order valence-corrected chi connectivity index (χ1v) is 7.66. The summed E-state index contributed by atoms with van der Waals surface area (Å²) in [5.41, 5.74) is 0.716. The zero-order valence-electron chi connectivity index (χ0n) is 11.1. The van der Waals surface area contributed by atoms with Gasteiger partial charge in [0.25, 0.3) is 0 Å². The van der Waals surface area contributed by atoms with E-state index in [0.717, 1.165) is 6.54 Å². The molecule has 1 heterocycles. The van der Waals surface area contributed by atoms with Crippen molar-refractivity contribution >= 4 is 23.4 Å². The smallest absolute Gasteiger partial charge is 0.238 e. The Morgan fingerprint density at radius 3 is 3.05 bits per heavy atom. The molecule has 1 amide bonds. The van der Waals surface area contributed by atoms with Gasteiger partial charge in [-0.05, 0) is 42.5 Å². The van der Waals surface area contributed by atoms with Crippen molar-refractivity contribution < 1.29 is 9.53 Å². The number of anilines is 1. The zero-order chi connectivity index (χ0) is 13.5. The lowest BCUT2D eigenvalue weighted by Crippen LogP contribution is -2.31. The van der Waals surface area contributed by atoms with Crippen molar-refractivity contribution in [3.8, 4) is 5.75 Å². The minimum Gasteiger partial charge on any atom is -0.495 e. The lowest BCUT2D eigenvalue weighted by molar-refractivity contribution is -0.115. The summed E-state index contributed by atoms with van der Waals surface area (Å²) in [4.78, 5) is 11.8. The second-order valence-electron chi connectivity index (χ2n) is 4.61. The summed E-state index contributed by atoms with van der Waals surface area (Å²) in [5, 5.41) is 6.07. The first kappa shape index (κ1) is 14.2. The van der Waals surface area contributed by atoms with E-state index in [1.165, 1.54) is 17.9 Å². The van der Waals surface area contributed by atoms with Gasteiger partial charge < -0.3 is 15.4 Å². The number of para-hydroxylation sites is 2. The molecule has 0 radical (unpaired) electrons. The number of carbonyl (C=O) groups is 1. The van der Waals surface area contributed by atoms with E-state index in [1.807, 2.05) is 36.0 Å². The number of benzene rings is 1. The largest absolute Gasteiger partial charge is 0.495 e. The summed E-state index contributed by atoms with van der Waals surface area (Å²) in [6.45, 7) is 1.27. The number of hydrogen-bond acceptors (Lipinski definition) is 4. The predicted octanol–water partition coefficient (Wildman–Crippen LogP) is 1.98. The average Bonchev–Trinajstić information content (AvgIpc) is 2.92. The molecular weight excluding hydrogens is 260 g/mol. The van der Waals surface area contributed by atoms with E-state index in [9.17, 15) is 4.79 Å². The molecule has 2 rings (SSSR count). The van der Waals surface area contributed by atoms with E-state index in [4.69, 9.17) is 4.74 Å². The number of rotatable bonds is 6. The third-order valence-electron chi connectivity index (χ3n) is 3.12. The highest BCUT2D eigenvalue weighted by atomic mass is 32.2. The van der Waals surface area contributed by atoms with Crippen molar-refractivity contribution in [2.75, 3.05) is 37.0 Å². The maximum atomic E-state index is 11.8. The second kappa shape index (κ2) is 7.40. The zero-order valence-corrected chi connectivity index (χ0v) is 12.0. The van der Waals surface area contributed by atoms with Crippen molar-refractivity contribution in [1.29, 1.82) is 0 Å². The Bertz CT molecular complexity index is 420. The van der Waals surface area contributed by atoms with Crippen LogP contribution in [0.2, 0.25) is 0 Å². The predicted molar refractivity (Wildman–Crippen MR) is 79.9 cm³/mol. The molecule has 0 aromatic heterocycles. The summed E-state index contributed by atoms with van der Waals surface area (Å²) in [5.74, 6) is 3.82. The van der Waals surface area contributed by atoms with Gasteiger partial charge in [-0.15, -0.1) is 0 Å². The Morgan fingerprint density at radius 2 is 2.32 bits per heavy atom. The molecule has 1 aliphatic heterocycles. The second-order valence-corrected chi connectivity index (χ2v) is 5.76. The molecule has 1 fully saturated rings. The Morgan fingerprint density at radius 1 is 1.47 bits per heavy atom. The van der Waals surface area contributed by atoms with Crippen LogP contribution in [0.25, 0.3) is 0 Å². The number of thioether (sulfide) groups is 1. The topological polar surface area (TPSA) is 50.4 Å². The standard InChI is InChI=1S/C14H20N2O2S/c1-18-13-5-3-2-4-12(13)16-14(17)9-15-8-11-6-7-19-10-11/h2-5,11,15H,6-10H2,1H3,(H,16,17). The highest BCUT2D eigenvalue weighted by Crippen LogP contribution is 2.23. The number of amides is 1. The van der Waals surface area contributed by atoms with Gasteiger partial charge in [0.05, 0.1) is 19.3 Å². The molecule has 1 saturated heterocycles. The Kier molecular flexibility index (Phi) is 5.54. The van der Waals surface area contributed by atoms with Crippen molar-refractivity contribution in [2.45, 2.75) is 6.42 Å². The molecule has 2 N–H and O–H groups in total. The lowest BCUT2D eigenvalue weighted by atomic mass is 10.1. The molecule has 0 spiro atoms. The van der Waals surface area contributed by atoms with Gasteiger partial charge in [-0.25, -0.2) is 0 Å². The third kappa shape index (κ3) is 4.44. The molecule has 0 aliphatic carbocycles. The fraction of sp³-hybridized carbons (Fsp3) is 0.500. The molecule has 1 unspecified atom stereocenters. The normalized spacial score (nSPS) is 18.3. The van der Waals surface area contributed by atoms with Crippen LogP contribution >= 0.6 is 11.8 Å². The fourth-order valence-corrected chi connectivity index (χ4v) is 3.36. The lowest BCUT2D eigenvalue weighted by Gasteiger charge is -2.12. The van der Waals surface area contributed by atoms with Gasteiger partial charge in [-0.1, -0.05) is 12.1 Å². The first-order chi connectivity index (χ1) is 9.29. The molecule has 104 valence electrons. The minimum atomic E-state index is -0.0323. The SMILES string of the molecule is COc1ccccc1NC(=O)CNCC1CCSC1. The molecule has 1 aliphatic rings. The third-order valence-corrected chi connectivity index (χ3v) is 4.36. The van der Waals surface area contributed by atoms with Gasteiger partial charge in [0.2, 0.25) is 5.91 Å². The maximum Gasteiger partial charge on any atom is 0.238 e. The Hall–Kier alpha value is -1.20. The number of carbonyl (C=O) groups excluding carboxylic acids is 1. The van der Waals surface area contributed by atoms with Crippen molar-refractivity contribution in [3.05, 3.63) is 24.3 Å². The molecule has 1 aromatic rings. The number of ether oxygens (including phenoxy) is 1. The Balaban J connectivity index is 1.74. The van der Waals surface area contributed by atoms with Crippen molar-refractivity contribution in [1.82, 2.24) is 5.32 Å². The van der Waals surface area contributed by atoms with Crippen LogP contribution in [0.4, 0.5) is 5.69 Å². The highest BCUT2D eigenvalue weighted by Gasteiger charge is 2.15. The quantitative estimate of drug-likeness (QED) is 0.836. The van der Waals surface area contributed by atoms with E-state index in [-0.39, 0.29) is 5.91 Å². The van der Waals surface area contributed by atoms with Crippen molar-refractivity contribution in [3.63, 3.8) is 0 Å². The number of nitrogens with one attached hydrogen (secondary N) is 2. The van der Waals surface area contributed by atoms with Crippen LogP contribution in [-0.4, -0.2) is 37.6 Å². The number of hydrogen-bond donors (Lipinski definition) is 2. The molecule has 19 heavy (non-hydrogen) atoms. The maximum absolute atomic E-state index is 11.8. The van der Waals surface area contributed by atoms with Crippen LogP contribution in [0.15, 0.2) is 24.3 Å². The van der Waals surface area contributed by atoms with Crippen LogP contribution in [0.5, 0.6) is 5.75 Å². The summed E-state index contributed by atoms with van der Waals surface area (Å²) >= 11 is 1.99. The minimum absolute atomic E-state index is 0.0323. The monoisotopic (exact) mass is 280 g/mol. The molecule has 0 bridgehead atoms. The van der Waals surface area contributed by atoms with Crippen LogP contribution < -0.4 is 15.4 Å². The molecule has 1 atom stereocenters. The van der Waals surface area contributed by atoms with Gasteiger partial charge in [0.1, 0.15) is 5.75 Å². The van der Waals surface area contributed by atoms with E-state index in [0.29, 0.717) is 23.9 Å². The molecule has 0 saturated carbocycles. The fourth-order valence-electron chi connectivity index (χ4n) is 2.08. The Labute approximate surface area is 118 Å². The summed E-state index contributed by atoms with van der Waals surface area (Å²) < 4.78 is 5.19. The van der Waals surface area contributed by atoms with E-state index < -0.39 is 0 Å². The molecule has 1 aromatic carbocycles.